The van der Waals surface area contributed by atoms with Crippen LogP contribution in [0.3, 0.4) is 0 Å². The molecule has 1 N–H and O–H groups in total. The van der Waals surface area contributed by atoms with Crippen molar-refractivity contribution in [3.8, 4) is 0 Å². The Bertz CT molecular complexity index is 314. The largest absolute Gasteiger partial charge is 0.469 e. The summed E-state index contributed by atoms with van der Waals surface area (Å²) in [5.41, 5.74) is 0. The number of hydrogen-bond donors (Lipinski definition) is 1. The molecular weight excluding hydrogens is 286 g/mol. The molecule has 5 heteroatoms. The Balaban J connectivity index is 2.05. The molecule has 96 valence electrons. The first kappa shape index (κ1) is 14.3. The van der Waals surface area contributed by atoms with Crippen molar-refractivity contribution in [2.45, 2.75) is 24.1 Å². The fraction of sp³-hybridized carbons (Fsp3) is 0.583. The summed E-state index contributed by atoms with van der Waals surface area (Å²) in [6, 6.07) is 3.70. The number of ether oxygens (including phenoxy) is 1. The van der Waals surface area contributed by atoms with Crippen molar-refractivity contribution in [3.05, 3.63) is 24.2 Å². The van der Waals surface area contributed by atoms with Gasteiger partial charge in [0.25, 0.3) is 0 Å². The van der Waals surface area contributed by atoms with E-state index in [4.69, 9.17) is 9.15 Å². The molecule has 1 aromatic rings. The van der Waals surface area contributed by atoms with E-state index >= 15 is 0 Å². The van der Waals surface area contributed by atoms with Gasteiger partial charge in [-0.3, -0.25) is 4.79 Å². The quantitative estimate of drug-likeness (QED) is 0.749. The number of amides is 1. The molecule has 17 heavy (non-hydrogen) atoms. The fourth-order valence-electron chi connectivity index (χ4n) is 1.41. The zero-order valence-electron chi connectivity index (χ0n) is 9.95. The van der Waals surface area contributed by atoms with Crippen molar-refractivity contribution in [3.63, 3.8) is 0 Å². The number of furan rings is 1. The number of carbonyl (C=O) groups is 1. The van der Waals surface area contributed by atoms with E-state index in [1.807, 2.05) is 12.1 Å². The van der Waals surface area contributed by atoms with Crippen LogP contribution in [0.5, 0.6) is 0 Å². The molecule has 0 fully saturated rings. The Morgan fingerprint density at radius 3 is 3.12 bits per heavy atom. The van der Waals surface area contributed by atoms with E-state index in [9.17, 15) is 4.79 Å². The molecule has 1 rings (SSSR count). The van der Waals surface area contributed by atoms with Crippen LogP contribution < -0.4 is 5.32 Å². The Kier molecular flexibility index (Phi) is 6.96. The standard InChI is InChI=1S/C12H18BrNO3/c1-16-9-10(13)6-7-14-12(15)5-4-11-3-2-8-17-11/h2-3,8,10H,4-7,9H2,1H3,(H,14,15). The molecule has 0 bridgehead atoms. The maximum absolute atomic E-state index is 11.5. The molecule has 1 heterocycles. The van der Waals surface area contributed by atoms with E-state index < -0.39 is 0 Å². The lowest BCUT2D eigenvalue weighted by atomic mass is 10.2. The fourth-order valence-corrected chi connectivity index (χ4v) is 1.91. The highest BCUT2D eigenvalue weighted by Gasteiger charge is 2.06. The number of aryl methyl sites for hydroxylation is 1. The Labute approximate surface area is 110 Å². The SMILES string of the molecule is COCC(Br)CCNC(=O)CCc1ccco1. The number of hydrogen-bond acceptors (Lipinski definition) is 3. The summed E-state index contributed by atoms with van der Waals surface area (Å²) in [7, 11) is 1.66. The summed E-state index contributed by atoms with van der Waals surface area (Å²) < 4.78 is 10.1. The van der Waals surface area contributed by atoms with Crippen LogP contribution in [-0.4, -0.2) is 31.0 Å². The second kappa shape index (κ2) is 8.31. The van der Waals surface area contributed by atoms with Crippen LogP contribution in [0.4, 0.5) is 0 Å². The Hall–Kier alpha value is -0.810. The maximum atomic E-state index is 11.5. The molecular formula is C12H18BrNO3. The molecule has 1 aromatic heterocycles. The van der Waals surface area contributed by atoms with Crippen molar-refractivity contribution in [1.82, 2.24) is 5.32 Å². The second-order valence-electron chi connectivity index (χ2n) is 3.77. The highest BCUT2D eigenvalue weighted by molar-refractivity contribution is 9.09. The number of alkyl halides is 1. The van der Waals surface area contributed by atoms with Gasteiger partial charge in [-0.15, -0.1) is 0 Å². The van der Waals surface area contributed by atoms with Gasteiger partial charge >= 0.3 is 0 Å². The number of rotatable bonds is 8. The van der Waals surface area contributed by atoms with Gasteiger partial charge < -0.3 is 14.5 Å². The molecule has 4 nitrogen and oxygen atoms in total. The van der Waals surface area contributed by atoms with E-state index in [-0.39, 0.29) is 10.7 Å². The number of nitrogens with one attached hydrogen (secondary N) is 1. The highest BCUT2D eigenvalue weighted by Crippen LogP contribution is 2.05. The zero-order chi connectivity index (χ0) is 12.5. The molecule has 0 saturated carbocycles. The van der Waals surface area contributed by atoms with Crippen molar-refractivity contribution in [2.75, 3.05) is 20.3 Å². The average Bonchev–Trinajstić information content (AvgIpc) is 2.79. The Morgan fingerprint density at radius 2 is 2.47 bits per heavy atom. The third-order valence-corrected chi connectivity index (χ3v) is 3.03. The molecule has 1 amide bonds. The van der Waals surface area contributed by atoms with Gasteiger partial charge in [0.1, 0.15) is 5.76 Å². The summed E-state index contributed by atoms with van der Waals surface area (Å²) in [4.78, 5) is 11.8. The topological polar surface area (TPSA) is 51.5 Å². The van der Waals surface area contributed by atoms with Crippen LogP contribution in [0.1, 0.15) is 18.6 Å². The molecule has 0 radical (unpaired) electrons. The third kappa shape index (κ3) is 6.48. The van der Waals surface area contributed by atoms with Crippen LogP contribution in [0, 0.1) is 0 Å². The first-order valence-corrected chi connectivity index (χ1v) is 6.56. The van der Waals surface area contributed by atoms with Gasteiger partial charge in [0, 0.05) is 31.3 Å². The van der Waals surface area contributed by atoms with E-state index in [0.29, 0.717) is 26.0 Å². The van der Waals surface area contributed by atoms with E-state index in [0.717, 1.165) is 12.2 Å². The van der Waals surface area contributed by atoms with Crippen molar-refractivity contribution in [2.24, 2.45) is 0 Å². The first-order valence-electron chi connectivity index (χ1n) is 5.64. The lowest BCUT2D eigenvalue weighted by molar-refractivity contribution is -0.121. The molecule has 1 unspecified atom stereocenters. The van der Waals surface area contributed by atoms with Crippen molar-refractivity contribution in [1.29, 1.82) is 0 Å². The number of carbonyl (C=O) groups excluding carboxylic acids is 1. The summed E-state index contributed by atoms with van der Waals surface area (Å²) in [5, 5.41) is 2.87. The minimum Gasteiger partial charge on any atom is -0.469 e. The van der Waals surface area contributed by atoms with E-state index in [1.54, 1.807) is 13.4 Å². The molecule has 0 spiro atoms. The van der Waals surface area contributed by atoms with Crippen LogP contribution in [0.25, 0.3) is 0 Å². The molecule has 0 aliphatic heterocycles. The Morgan fingerprint density at radius 1 is 1.65 bits per heavy atom. The highest BCUT2D eigenvalue weighted by atomic mass is 79.9. The lowest BCUT2D eigenvalue weighted by Gasteiger charge is -2.09. The molecule has 0 aliphatic carbocycles. The lowest BCUT2D eigenvalue weighted by Crippen LogP contribution is -2.27. The minimum atomic E-state index is 0.0542. The van der Waals surface area contributed by atoms with Gasteiger partial charge in [-0.2, -0.15) is 0 Å². The monoisotopic (exact) mass is 303 g/mol. The van der Waals surface area contributed by atoms with Crippen molar-refractivity contribution < 1.29 is 13.9 Å². The maximum Gasteiger partial charge on any atom is 0.220 e. The number of methoxy groups -OCH3 is 1. The van der Waals surface area contributed by atoms with Crippen LogP contribution >= 0.6 is 15.9 Å². The molecule has 0 aliphatic rings. The summed E-state index contributed by atoms with van der Waals surface area (Å²) >= 11 is 3.47. The van der Waals surface area contributed by atoms with Gasteiger partial charge in [-0.25, -0.2) is 0 Å². The van der Waals surface area contributed by atoms with Gasteiger partial charge in [0.05, 0.1) is 12.9 Å². The van der Waals surface area contributed by atoms with Gasteiger partial charge in [-0.1, -0.05) is 15.9 Å². The van der Waals surface area contributed by atoms with Crippen LogP contribution in [0.15, 0.2) is 22.8 Å². The van der Waals surface area contributed by atoms with Crippen molar-refractivity contribution >= 4 is 21.8 Å². The van der Waals surface area contributed by atoms with Gasteiger partial charge in [0.15, 0.2) is 0 Å². The van der Waals surface area contributed by atoms with E-state index in [2.05, 4.69) is 21.2 Å². The molecule has 0 saturated heterocycles. The zero-order valence-corrected chi connectivity index (χ0v) is 11.5. The average molecular weight is 304 g/mol. The summed E-state index contributed by atoms with van der Waals surface area (Å²) in [5.74, 6) is 0.899. The normalized spacial score (nSPS) is 12.4. The van der Waals surface area contributed by atoms with Gasteiger partial charge in [-0.05, 0) is 18.6 Å². The smallest absolute Gasteiger partial charge is 0.220 e. The first-order chi connectivity index (χ1) is 8.22. The predicted octanol–water partition coefficient (Wildman–Crippen LogP) is 2.13. The summed E-state index contributed by atoms with van der Waals surface area (Å²) in [6.07, 6.45) is 3.59. The third-order valence-electron chi connectivity index (χ3n) is 2.31. The second-order valence-corrected chi connectivity index (χ2v) is 5.07. The van der Waals surface area contributed by atoms with Crippen LogP contribution in [0.2, 0.25) is 0 Å². The molecule has 1 atom stereocenters. The number of halogens is 1. The van der Waals surface area contributed by atoms with E-state index in [1.165, 1.54) is 0 Å². The predicted molar refractivity (Wildman–Crippen MR) is 69.2 cm³/mol. The molecule has 0 aromatic carbocycles. The minimum absolute atomic E-state index is 0.0542. The van der Waals surface area contributed by atoms with Gasteiger partial charge in [0.2, 0.25) is 5.91 Å². The summed E-state index contributed by atoms with van der Waals surface area (Å²) in [6.45, 7) is 1.32. The van der Waals surface area contributed by atoms with Crippen LogP contribution in [-0.2, 0) is 16.0 Å².